The lowest BCUT2D eigenvalue weighted by atomic mass is 10.2. The van der Waals surface area contributed by atoms with Gasteiger partial charge in [-0.05, 0) is 71.1 Å². The number of nitrogens with zero attached hydrogens (tertiary/aromatic N) is 2. The smallest absolute Gasteiger partial charge is 0.337 e. The highest BCUT2D eigenvalue weighted by Crippen LogP contribution is 2.19. The number of azo groups is 1. The largest absolute Gasteiger partial charge is 0.465 e. The number of hydrogen-bond acceptors (Lipinski definition) is 4. The molecule has 0 saturated carbocycles. The molecule has 0 radical (unpaired) electrons. The summed E-state index contributed by atoms with van der Waals surface area (Å²) in [6.07, 6.45) is 0. The van der Waals surface area contributed by atoms with Crippen LogP contribution in [0.5, 0.6) is 0 Å². The SMILES string of the molecule is COC(=O)c1ccc(N=Nc2ccc(I)cc2)cc1. The molecule has 0 spiro atoms. The van der Waals surface area contributed by atoms with Crippen LogP contribution in [0.4, 0.5) is 11.4 Å². The summed E-state index contributed by atoms with van der Waals surface area (Å²) < 4.78 is 5.77. The van der Waals surface area contributed by atoms with Crippen molar-refractivity contribution in [2.75, 3.05) is 7.11 Å². The number of benzene rings is 2. The van der Waals surface area contributed by atoms with Crippen LogP contribution in [-0.4, -0.2) is 13.1 Å². The van der Waals surface area contributed by atoms with Crippen LogP contribution in [0, 0.1) is 3.57 Å². The van der Waals surface area contributed by atoms with Gasteiger partial charge in [-0.25, -0.2) is 4.79 Å². The lowest BCUT2D eigenvalue weighted by Crippen LogP contribution is -1.99. The van der Waals surface area contributed by atoms with Crippen molar-refractivity contribution in [3.05, 3.63) is 57.7 Å². The Labute approximate surface area is 124 Å². The van der Waals surface area contributed by atoms with Crippen molar-refractivity contribution in [1.82, 2.24) is 0 Å². The van der Waals surface area contributed by atoms with E-state index in [1.807, 2.05) is 24.3 Å². The van der Waals surface area contributed by atoms with Crippen LogP contribution in [0.3, 0.4) is 0 Å². The Hall–Kier alpha value is -1.76. The Morgan fingerprint density at radius 2 is 1.42 bits per heavy atom. The van der Waals surface area contributed by atoms with Crippen molar-refractivity contribution in [3.8, 4) is 0 Å². The van der Waals surface area contributed by atoms with Gasteiger partial charge in [0.2, 0.25) is 0 Å². The van der Waals surface area contributed by atoms with Crippen LogP contribution in [0.25, 0.3) is 0 Å². The van der Waals surface area contributed by atoms with Gasteiger partial charge in [0.1, 0.15) is 0 Å². The van der Waals surface area contributed by atoms with E-state index in [4.69, 9.17) is 0 Å². The molecule has 0 aliphatic carbocycles. The summed E-state index contributed by atoms with van der Waals surface area (Å²) in [5.74, 6) is -0.360. The molecule has 0 fully saturated rings. The van der Waals surface area contributed by atoms with E-state index in [0.29, 0.717) is 11.3 Å². The summed E-state index contributed by atoms with van der Waals surface area (Å²) in [7, 11) is 1.35. The molecular weight excluding hydrogens is 355 g/mol. The van der Waals surface area contributed by atoms with E-state index in [1.165, 1.54) is 7.11 Å². The summed E-state index contributed by atoms with van der Waals surface area (Å²) in [5, 5.41) is 8.22. The zero-order valence-electron chi connectivity index (χ0n) is 10.2. The second-order valence-electron chi connectivity index (χ2n) is 3.71. The third-order valence-electron chi connectivity index (χ3n) is 2.40. The summed E-state index contributed by atoms with van der Waals surface area (Å²) in [6, 6.07) is 14.5. The van der Waals surface area contributed by atoms with E-state index in [9.17, 15) is 4.79 Å². The summed E-state index contributed by atoms with van der Waals surface area (Å²) in [4.78, 5) is 11.3. The number of methoxy groups -OCH3 is 1. The highest BCUT2D eigenvalue weighted by atomic mass is 127. The van der Waals surface area contributed by atoms with Gasteiger partial charge in [-0.3, -0.25) is 0 Å². The summed E-state index contributed by atoms with van der Waals surface area (Å²) >= 11 is 2.23. The minimum absolute atomic E-state index is 0.360. The van der Waals surface area contributed by atoms with Gasteiger partial charge in [-0.15, -0.1) is 0 Å². The Balaban J connectivity index is 2.11. The maximum absolute atomic E-state index is 11.3. The number of ether oxygens (including phenoxy) is 1. The van der Waals surface area contributed by atoms with Gasteiger partial charge in [-0.2, -0.15) is 10.2 Å². The fourth-order valence-electron chi connectivity index (χ4n) is 1.41. The van der Waals surface area contributed by atoms with Crippen molar-refractivity contribution in [2.45, 2.75) is 0 Å². The number of carbonyl (C=O) groups excluding carboxylic acids is 1. The number of rotatable bonds is 3. The third-order valence-corrected chi connectivity index (χ3v) is 3.12. The lowest BCUT2D eigenvalue weighted by molar-refractivity contribution is 0.0601. The molecule has 0 atom stereocenters. The predicted molar refractivity (Wildman–Crippen MR) is 81.1 cm³/mol. The molecular formula is C14H11IN2O2. The van der Waals surface area contributed by atoms with Crippen LogP contribution in [0.15, 0.2) is 58.8 Å². The fraction of sp³-hybridized carbons (Fsp3) is 0.0714. The Kier molecular flexibility index (Phi) is 4.62. The lowest BCUT2D eigenvalue weighted by Gasteiger charge is -1.98. The van der Waals surface area contributed by atoms with Crippen molar-refractivity contribution in [3.63, 3.8) is 0 Å². The van der Waals surface area contributed by atoms with Gasteiger partial charge < -0.3 is 4.74 Å². The van der Waals surface area contributed by atoms with E-state index >= 15 is 0 Å². The molecule has 2 aromatic rings. The average Bonchev–Trinajstić information content (AvgIpc) is 2.46. The first-order chi connectivity index (χ1) is 9.19. The standard InChI is InChI=1S/C14H11IN2O2/c1-19-14(18)10-2-6-12(7-3-10)16-17-13-8-4-11(15)5-9-13/h2-9H,1H3. The van der Waals surface area contributed by atoms with Crippen LogP contribution in [-0.2, 0) is 4.74 Å². The van der Waals surface area contributed by atoms with E-state index in [-0.39, 0.29) is 5.97 Å². The third kappa shape index (κ3) is 3.85. The highest BCUT2D eigenvalue weighted by Gasteiger charge is 2.03. The average molecular weight is 366 g/mol. The minimum atomic E-state index is -0.360. The first kappa shape index (κ1) is 13.7. The Morgan fingerprint density at radius 1 is 0.947 bits per heavy atom. The van der Waals surface area contributed by atoms with Crippen molar-refractivity contribution in [1.29, 1.82) is 0 Å². The summed E-state index contributed by atoms with van der Waals surface area (Å²) in [5.41, 5.74) is 1.97. The normalized spacial score (nSPS) is 10.6. The molecule has 2 rings (SSSR count). The number of halogens is 1. The zero-order valence-corrected chi connectivity index (χ0v) is 12.4. The van der Waals surface area contributed by atoms with Crippen molar-refractivity contribution in [2.24, 2.45) is 10.2 Å². The maximum Gasteiger partial charge on any atom is 0.337 e. The topological polar surface area (TPSA) is 51.0 Å². The maximum atomic E-state index is 11.3. The monoisotopic (exact) mass is 366 g/mol. The molecule has 2 aromatic carbocycles. The Bertz CT molecular complexity index is 592. The van der Waals surface area contributed by atoms with Gasteiger partial charge in [-0.1, -0.05) is 0 Å². The van der Waals surface area contributed by atoms with Gasteiger partial charge in [0.05, 0.1) is 24.0 Å². The molecule has 19 heavy (non-hydrogen) atoms. The van der Waals surface area contributed by atoms with Crippen LogP contribution < -0.4 is 0 Å². The van der Waals surface area contributed by atoms with Gasteiger partial charge in [0, 0.05) is 3.57 Å². The molecule has 0 saturated heterocycles. The first-order valence-corrected chi connectivity index (χ1v) is 6.62. The fourth-order valence-corrected chi connectivity index (χ4v) is 1.76. The second-order valence-corrected chi connectivity index (χ2v) is 4.96. The molecule has 5 heteroatoms. The molecule has 0 heterocycles. The zero-order chi connectivity index (χ0) is 13.7. The van der Waals surface area contributed by atoms with Crippen LogP contribution in [0.2, 0.25) is 0 Å². The molecule has 0 aliphatic rings. The summed E-state index contributed by atoms with van der Waals surface area (Å²) in [6.45, 7) is 0. The van der Waals surface area contributed by atoms with Gasteiger partial charge in [0.15, 0.2) is 0 Å². The molecule has 0 aliphatic heterocycles. The van der Waals surface area contributed by atoms with Crippen molar-refractivity contribution < 1.29 is 9.53 Å². The number of carbonyl (C=O) groups is 1. The first-order valence-electron chi connectivity index (χ1n) is 5.55. The predicted octanol–water partition coefficient (Wildman–Crippen LogP) is 4.49. The second kappa shape index (κ2) is 6.42. The molecule has 0 N–H and O–H groups in total. The van der Waals surface area contributed by atoms with E-state index in [2.05, 4.69) is 37.6 Å². The number of esters is 1. The van der Waals surface area contributed by atoms with E-state index < -0.39 is 0 Å². The van der Waals surface area contributed by atoms with E-state index in [1.54, 1.807) is 24.3 Å². The Morgan fingerprint density at radius 3 is 1.89 bits per heavy atom. The minimum Gasteiger partial charge on any atom is -0.465 e. The molecule has 0 unspecified atom stereocenters. The quantitative estimate of drug-likeness (QED) is 0.457. The van der Waals surface area contributed by atoms with E-state index in [0.717, 1.165) is 9.26 Å². The van der Waals surface area contributed by atoms with Crippen LogP contribution in [0.1, 0.15) is 10.4 Å². The molecule has 4 nitrogen and oxygen atoms in total. The number of hydrogen-bond donors (Lipinski definition) is 0. The van der Waals surface area contributed by atoms with Crippen molar-refractivity contribution >= 4 is 39.9 Å². The molecule has 0 amide bonds. The highest BCUT2D eigenvalue weighted by molar-refractivity contribution is 14.1. The van der Waals surface area contributed by atoms with Gasteiger partial charge in [0.25, 0.3) is 0 Å². The van der Waals surface area contributed by atoms with Gasteiger partial charge >= 0.3 is 5.97 Å². The molecule has 96 valence electrons. The van der Waals surface area contributed by atoms with Crippen LogP contribution >= 0.6 is 22.6 Å². The molecule has 0 aromatic heterocycles. The molecule has 0 bridgehead atoms.